The molecule has 1 N–H and O–H groups in total. The molecule has 0 bridgehead atoms. The lowest BCUT2D eigenvalue weighted by molar-refractivity contribution is 0.0951. The second-order valence-electron chi connectivity index (χ2n) is 8.78. The molecule has 1 aromatic carbocycles. The van der Waals surface area contributed by atoms with Crippen molar-refractivity contribution in [2.24, 2.45) is 0 Å². The van der Waals surface area contributed by atoms with Crippen molar-refractivity contribution in [3.63, 3.8) is 0 Å². The topological polar surface area (TPSA) is 63.1 Å². The van der Waals surface area contributed by atoms with Crippen LogP contribution in [0.1, 0.15) is 60.1 Å². The SMILES string of the molecule is Cc1ccc(C(=O)NC2CC2)cc1-c1cnn(-c2cncc(C(C)N3CCCCS3)c2)c1. The molecule has 2 aromatic heterocycles. The largest absolute Gasteiger partial charge is 0.349 e. The van der Waals surface area contributed by atoms with Crippen LogP contribution in [0.5, 0.6) is 0 Å². The van der Waals surface area contributed by atoms with Gasteiger partial charge in [-0.3, -0.25) is 9.78 Å². The van der Waals surface area contributed by atoms with Gasteiger partial charge >= 0.3 is 0 Å². The van der Waals surface area contributed by atoms with Crippen LogP contribution in [0, 0.1) is 6.92 Å². The summed E-state index contributed by atoms with van der Waals surface area (Å²) < 4.78 is 4.33. The molecule has 3 aromatic rings. The Balaban J connectivity index is 1.38. The first-order chi connectivity index (χ1) is 15.6. The van der Waals surface area contributed by atoms with Crippen molar-refractivity contribution in [1.29, 1.82) is 0 Å². The van der Waals surface area contributed by atoms with Gasteiger partial charge < -0.3 is 5.32 Å². The molecule has 0 spiro atoms. The number of carbonyl (C=O) groups is 1. The van der Waals surface area contributed by atoms with Crippen LogP contribution in [0.2, 0.25) is 0 Å². The fraction of sp³-hybridized carbons (Fsp3) is 0.400. The number of aromatic nitrogens is 3. The quantitative estimate of drug-likeness (QED) is 0.542. The van der Waals surface area contributed by atoms with Crippen LogP contribution in [0.15, 0.2) is 49.1 Å². The Hall–Kier alpha value is -2.64. The highest BCUT2D eigenvalue weighted by Crippen LogP contribution is 2.32. The molecule has 1 saturated carbocycles. The second-order valence-corrected chi connectivity index (χ2v) is 9.92. The van der Waals surface area contributed by atoms with E-state index in [0.29, 0.717) is 17.6 Å². The van der Waals surface area contributed by atoms with E-state index in [1.807, 2.05) is 59.6 Å². The van der Waals surface area contributed by atoms with Crippen molar-refractivity contribution in [2.45, 2.75) is 51.6 Å². The normalized spacial score (nSPS) is 17.8. The maximum absolute atomic E-state index is 12.5. The number of benzene rings is 1. The lowest BCUT2D eigenvalue weighted by Gasteiger charge is -2.31. The molecule has 1 atom stereocenters. The molecular weight excluding hydrogens is 418 g/mol. The van der Waals surface area contributed by atoms with E-state index < -0.39 is 0 Å². The summed E-state index contributed by atoms with van der Waals surface area (Å²) in [6.45, 7) is 5.43. The average molecular weight is 448 g/mol. The molecule has 6 nitrogen and oxygen atoms in total. The molecule has 2 fully saturated rings. The fourth-order valence-electron chi connectivity index (χ4n) is 4.06. The van der Waals surface area contributed by atoms with Crippen molar-refractivity contribution >= 4 is 17.9 Å². The van der Waals surface area contributed by atoms with Gasteiger partial charge in [0.15, 0.2) is 0 Å². The van der Waals surface area contributed by atoms with E-state index in [4.69, 9.17) is 0 Å². The van der Waals surface area contributed by atoms with E-state index in [0.717, 1.165) is 41.8 Å². The van der Waals surface area contributed by atoms with Crippen molar-refractivity contribution in [3.8, 4) is 16.8 Å². The second kappa shape index (κ2) is 9.08. The van der Waals surface area contributed by atoms with Crippen LogP contribution in [0.3, 0.4) is 0 Å². The van der Waals surface area contributed by atoms with Gasteiger partial charge in [-0.15, -0.1) is 0 Å². The first-order valence-corrected chi connectivity index (χ1v) is 12.3. The molecule has 166 valence electrons. The summed E-state index contributed by atoms with van der Waals surface area (Å²) in [7, 11) is 0. The van der Waals surface area contributed by atoms with Crippen LogP contribution in [0.25, 0.3) is 16.8 Å². The summed E-state index contributed by atoms with van der Waals surface area (Å²) >= 11 is 1.93. The number of aryl methyl sites for hydroxylation is 1. The van der Waals surface area contributed by atoms with Crippen molar-refractivity contribution in [1.82, 2.24) is 24.4 Å². The molecule has 5 rings (SSSR count). The monoisotopic (exact) mass is 447 g/mol. The van der Waals surface area contributed by atoms with Gasteiger partial charge in [0, 0.05) is 47.9 Å². The van der Waals surface area contributed by atoms with E-state index in [9.17, 15) is 4.79 Å². The highest BCUT2D eigenvalue weighted by atomic mass is 32.2. The number of nitrogens with zero attached hydrogens (tertiary/aromatic N) is 4. The van der Waals surface area contributed by atoms with Crippen molar-refractivity contribution in [3.05, 3.63) is 65.7 Å². The Morgan fingerprint density at radius 3 is 2.84 bits per heavy atom. The molecule has 3 heterocycles. The van der Waals surface area contributed by atoms with Gasteiger partial charge in [-0.1, -0.05) is 18.0 Å². The minimum Gasteiger partial charge on any atom is -0.349 e. The molecule has 7 heteroatoms. The number of pyridine rings is 1. The third-order valence-corrected chi connectivity index (χ3v) is 7.56. The lowest BCUT2D eigenvalue weighted by atomic mass is 10.0. The highest BCUT2D eigenvalue weighted by molar-refractivity contribution is 7.97. The zero-order chi connectivity index (χ0) is 22.1. The minimum atomic E-state index is 0.00242. The summed E-state index contributed by atoms with van der Waals surface area (Å²) in [5.74, 6) is 1.19. The molecule has 2 aliphatic rings. The first-order valence-electron chi connectivity index (χ1n) is 11.4. The number of hydrogen-bond donors (Lipinski definition) is 1. The smallest absolute Gasteiger partial charge is 0.251 e. The Morgan fingerprint density at radius 1 is 1.19 bits per heavy atom. The zero-order valence-corrected chi connectivity index (χ0v) is 19.4. The van der Waals surface area contributed by atoms with Crippen LogP contribution in [0.4, 0.5) is 0 Å². The molecular formula is C25H29N5OS. The number of rotatable bonds is 6. The van der Waals surface area contributed by atoms with Crippen molar-refractivity contribution in [2.75, 3.05) is 12.3 Å². The van der Waals surface area contributed by atoms with E-state index >= 15 is 0 Å². The lowest BCUT2D eigenvalue weighted by Crippen LogP contribution is -2.25. The number of hydrogen-bond acceptors (Lipinski definition) is 5. The first kappa shape index (κ1) is 21.2. The van der Waals surface area contributed by atoms with Gasteiger partial charge in [-0.05, 0) is 74.4 Å². The van der Waals surface area contributed by atoms with Gasteiger partial charge in [0.05, 0.1) is 18.1 Å². The third kappa shape index (κ3) is 4.59. The molecule has 1 saturated heterocycles. The molecule has 1 unspecified atom stereocenters. The third-order valence-electron chi connectivity index (χ3n) is 6.26. The Morgan fingerprint density at radius 2 is 2.06 bits per heavy atom. The van der Waals surface area contributed by atoms with E-state index in [-0.39, 0.29) is 5.91 Å². The Kier molecular flexibility index (Phi) is 6.02. The summed E-state index contributed by atoms with van der Waals surface area (Å²) in [5.41, 5.74) is 5.99. The van der Waals surface area contributed by atoms with Gasteiger partial charge in [-0.25, -0.2) is 8.99 Å². The average Bonchev–Trinajstić information content (AvgIpc) is 3.51. The predicted octanol–water partition coefficient (Wildman–Crippen LogP) is 4.94. The maximum atomic E-state index is 12.5. The zero-order valence-electron chi connectivity index (χ0n) is 18.6. The summed E-state index contributed by atoms with van der Waals surface area (Å²) in [6.07, 6.45) is 12.4. The molecule has 1 aliphatic carbocycles. The van der Waals surface area contributed by atoms with Crippen LogP contribution >= 0.6 is 11.9 Å². The van der Waals surface area contributed by atoms with Crippen LogP contribution in [-0.2, 0) is 0 Å². The summed E-state index contributed by atoms with van der Waals surface area (Å²) in [4.78, 5) is 17.0. The molecule has 32 heavy (non-hydrogen) atoms. The van der Waals surface area contributed by atoms with Gasteiger partial charge in [-0.2, -0.15) is 5.10 Å². The highest BCUT2D eigenvalue weighted by Gasteiger charge is 2.24. The van der Waals surface area contributed by atoms with E-state index in [1.54, 1.807) is 0 Å². The summed E-state index contributed by atoms with van der Waals surface area (Å²) in [6, 6.07) is 8.71. The predicted molar refractivity (Wildman–Crippen MR) is 129 cm³/mol. The number of nitrogens with one attached hydrogen (secondary N) is 1. The van der Waals surface area contributed by atoms with Crippen LogP contribution < -0.4 is 5.32 Å². The maximum Gasteiger partial charge on any atom is 0.251 e. The van der Waals surface area contributed by atoms with Crippen molar-refractivity contribution < 1.29 is 4.79 Å². The standard InChI is InChI=1S/C25H29N5OS/c1-17-5-6-19(25(31)28-22-7-8-22)12-24(17)21-14-27-29(16-21)23-11-20(13-26-15-23)18(2)30-9-3-4-10-32-30/h5-6,11-16,18,22H,3-4,7-10H2,1-2H3,(H,28,31). The minimum absolute atomic E-state index is 0.00242. The van der Waals surface area contributed by atoms with Gasteiger partial charge in [0.2, 0.25) is 0 Å². The number of amides is 1. The van der Waals surface area contributed by atoms with Gasteiger partial charge in [0.1, 0.15) is 0 Å². The Labute approximate surface area is 193 Å². The molecule has 1 amide bonds. The van der Waals surface area contributed by atoms with Gasteiger partial charge in [0.25, 0.3) is 5.91 Å². The molecule has 0 radical (unpaired) electrons. The summed E-state index contributed by atoms with van der Waals surface area (Å²) in [5, 5.41) is 7.68. The Bertz CT molecular complexity index is 1120. The number of carbonyl (C=O) groups excluding carboxylic acids is 1. The van der Waals surface area contributed by atoms with E-state index in [2.05, 4.69) is 39.6 Å². The van der Waals surface area contributed by atoms with Crippen LogP contribution in [-0.4, -0.2) is 43.3 Å². The van der Waals surface area contributed by atoms with E-state index in [1.165, 1.54) is 24.2 Å². The fourth-order valence-corrected chi connectivity index (χ4v) is 5.23. The molecule has 1 aliphatic heterocycles.